The van der Waals surface area contributed by atoms with Crippen LogP contribution in [0.5, 0.6) is 17.2 Å². The maximum atomic E-state index is 12.7. The molecule has 0 spiro atoms. The molecule has 0 radical (unpaired) electrons. The Kier molecular flexibility index (Phi) is 8.15. The van der Waals surface area contributed by atoms with Gasteiger partial charge in [0, 0.05) is 6.54 Å². The Morgan fingerprint density at radius 3 is 2.10 bits per heavy atom. The predicted octanol–water partition coefficient (Wildman–Crippen LogP) is 2.92. The minimum Gasteiger partial charge on any atom is -0.493 e. The van der Waals surface area contributed by atoms with Crippen LogP contribution in [0.2, 0.25) is 0 Å². The van der Waals surface area contributed by atoms with E-state index in [4.69, 9.17) is 14.2 Å². The monoisotopic (exact) mass is 450 g/mol. The van der Waals surface area contributed by atoms with Crippen LogP contribution in [-0.2, 0) is 21.4 Å². The number of ether oxygens (including phenoxy) is 3. The molecule has 9 heteroatoms. The molecule has 0 aromatic heterocycles. The Hall–Kier alpha value is -2.94. The molecule has 0 aliphatic carbocycles. The van der Waals surface area contributed by atoms with Crippen molar-refractivity contribution in [3.05, 3.63) is 47.5 Å². The lowest BCUT2D eigenvalue weighted by Gasteiger charge is -2.25. The van der Waals surface area contributed by atoms with E-state index in [0.29, 0.717) is 22.9 Å². The van der Waals surface area contributed by atoms with Crippen molar-refractivity contribution in [2.75, 3.05) is 38.4 Å². The molecule has 0 aliphatic heterocycles. The molecule has 0 heterocycles. The molecule has 31 heavy (non-hydrogen) atoms. The number of carbonyl (C=O) groups excluding carboxylic acids is 1. The van der Waals surface area contributed by atoms with Gasteiger partial charge in [0.1, 0.15) is 6.54 Å². The number of benzene rings is 2. The quantitative estimate of drug-likeness (QED) is 0.598. The molecule has 170 valence electrons. The van der Waals surface area contributed by atoms with Crippen LogP contribution in [-0.4, -0.2) is 48.5 Å². The topological polar surface area (TPSA) is 94.2 Å². The van der Waals surface area contributed by atoms with Crippen molar-refractivity contribution in [2.24, 2.45) is 0 Å². The summed E-state index contributed by atoms with van der Waals surface area (Å²) >= 11 is 0. The van der Waals surface area contributed by atoms with Crippen LogP contribution in [0.25, 0.3) is 0 Å². The Labute approximate surface area is 184 Å². The molecule has 0 unspecified atom stereocenters. The number of hydrogen-bond donors (Lipinski definition) is 1. The van der Waals surface area contributed by atoms with E-state index in [1.165, 1.54) is 21.3 Å². The third-order valence-electron chi connectivity index (χ3n) is 4.73. The number of nitrogens with one attached hydrogen (secondary N) is 1. The number of anilines is 1. The molecule has 0 saturated heterocycles. The SMILES string of the molecule is COc1cc(CNC(=O)CN(c2ccccc2C(C)C)S(C)(=O)=O)cc(OC)c1OC. The second-order valence-corrected chi connectivity index (χ2v) is 9.20. The zero-order valence-corrected chi connectivity index (χ0v) is 19.6. The number of sulfonamides is 1. The van der Waals surface area contributed by atoms with E-state index in [1.807, 2.05) is 26.0 Å². The van der Waals surface area contributed by atoms with Crippen molar-refractivity contribution in [2.45, 2.75) is 26.3 Å². The number of nitrogens with zero attached hydrogens (tertiary/aromatic N) is 1. The van der Waals surface area contributed by atoms with Crippen molar-refractivity contribution in [1.82, 2.24) is 5.32 Å². The van der Waals surface area contributed by atoms with E-state index < -0.39 is 15.9 Å². The molecule has 0 fully saturated rings. The number of rotatable bonds is 10. The van der Waals surface area contributed by atoms with Gasteiger partial charge in [0.05, 0.1) is 33.3 Å². The van der Waals surface area contributed by atoms with Gasteiger partial charge in [-0.05, 0) is 35.2 Å². The van der Waals surface area contributed by atoms with Gasteiger partial charge in [0.15, 0.2) is 11.5 Å². The highest BCUT2D eigenvalue weighted by molar-refractivity contribution is 7.92. The number of amides is 1. The molecule has 2 aromatic carbocycles. The Morgan fingerprint density at radius 1 is 1.03 bits per heavy atom. The standard InChI is InChI=1S/C22H30N2O6S/c1-15(2)17-9-7-8-10-18(17)24(31(6,26)27)14-21(25)23-13-16-11-19(28-3)22(30-5)20(12-16)29-4/h7-12,15H,13-14H2,1-6H3,(H,23,25). The maximum absolute atomic E-state index is 12.7. The van der Waals surface area contributed by atoms with Crippen molar-refractivity contribution in [1.29, 1.82) is 0 Å². The van der Waals surface area contributed by atoms with E-state index in [-0.39, 0.29) is 19.0 Å². The van der Waals surface area contributed by atoms with Crippen LogP contribution in [0.3, 0.4) is 0 Å². The zero-order chi connectivity index (χ0) is 23.2. The fourth-order valence-corrected chi connectivity index (χ4v) is 4.08. The van der Waals surface area contributed by atoms with Crippen molar-refractivity contribution < 1.29 is 27.4 Å². The first-order valence-electron chi connectivity index (χ1n) is 9.74. The molecule has 2 aromatic rings. The highest BCUT2D eigenvalue weighted by Gasteiger charge is 2.24. The van der Waals surface area contributed by atoms with Crippen LogP contribution >= 0.6 is 0 Å². The molecule has 2 rings (SSSR count). The van der Waals surface area contributed by atoms with Crippen LogP contribution in [0.15, 0.2) is 36.4 Å². The molecular weight excluding hydrogens is 420 g/mol. The summed E-state index contributed by atoms with van der Waals surface area (Å²) in [5.74, 6) is 1.05. The van der Waals surface area contributed by atoms with Crippen molar-refractivity contribution in [3.8, 4) is 17.2 Å². The minimum absolute atomic E-state index is 0.0998. The Bertz CT molecular complexity index is 995. The van der Waals surface area contributed by atoms with Gasteiger partial charge in [0.25, 0.3) is 0 Å². The van der Waals surface area contributed by atoms with Crippen molar-refractivity contribution in [3.63, 3.8) is 0 Å². The van der Waals surface area contributed by atoms with E-state index in [2.05, 4.69) is 5.32 Å². The number of hydrogen-bond acceptors (Lipinski definition) is 6. The summed E-state index contributed by atoms with van der Waals surface area (Å²) in [6.07, 6.45) is 1.09. The van der Waals surface area contributed by atoms with Crippen LogP contribution < -0.4 is 23.8 Å². The summed E-state index contributed by atoms with van der Waals surface area (Å²) in [6, 6.07) is 10.6. The molecule has 0 saturated carbocycles. The third kappa shape index (κ3) is 6.04. The van der Waals surface area contributed by atoms with Crippen LogP contribution in [0.1, 0.15) is 30.9 Å². The molecule has 1 amide bonds. The summed E-state index contributed by atoms with van der Waals surface area (Å²) in [6.45, 7) is 3.79. The first kappa shape index (κ1) is 24.3. The van der Waals surface area contributed by atoms with E-state index in [9.17, 15) is 13.2 Å². The van der Waals surface area contributed by atoms with E-state index in [0.717, 1.165) is 21.7 Å². The fourth-order valence-electron chi connectivity index (χ4n) is 3.21. The minimum atomic E-state index is -3.67. The third-order valence-corrected chi connectivity index (χ3v) is 5.86. The highest BCUT2D eigenvalue weighted by Crippen LogP contribution is 2.38. The van der Waals surface area contributed by atoms with Gasteiger partial charge in [-0.1, -0.05) is 32.0 Å². The van der Waals surface area contributed by atoms with E-state index in [1.54, 1.807) is 24.3 Å². The first-order chi connectivity index (χ1) is 14.6. The van der Waals surface area contributed by atoms with Gasteiger partial charge in [-0.25, -0.2) is 8.42 Å². The molecule has 0 atom stereocenters. The van der Waals surface area contributed by atoms with Gasteiger partial charge in [-0.3, -0.25) is 9.10 Å². The predicted molar refractivity (Wildman–Crippen MR) is 121 cm³/mol. The molecule has 0 bridgehead atoms. The number of para-hydroxylation sites is 1. The van der Waals surface area contributed by atoms with Crippen molar-refractivity contribution >= 4 is 21.6 Å². The lowest BCUT2D eigenvalue weighted by atomic mass is 10.0. The first-order valence-corrected chi connectivity index (χ1v) is 11.6. The normalized spacial score (nSPS) is 11.2. The van der Waals surface area contributed by atoms with E-state index >= 15 is 0 Å². The number of methoxy groups -OCH3 is 3. The maximum Gasteiger partial charge on any atom is 0.241 e. The average Bonchev–Trinajstić information content (AvgIpc) is 2.74. The lowest BCUT2D eigenvalue weighted by molar-refractivity contribution is -0.119. The van der Waals surface area contributed by atoms with Gasteiger partial charge >= 0.3 is 0 Å². The molecule has 1 N–H and O–H groups in total. The van der Waals surface area contributed by atoms with Crippen LogP contribution in [0.4, 0.5) is 5.69 Å². The van der Waals surface area contributed by atoms with Gasteiger partial charge in [-0.15, -0.1) is 0 Å². The highest BCUT2D eigenvalue weighted by atomic mass is 32.2. The van der Waals surface area contributed by atoms with Gasteiger partial charge in [0.2, 0.25) is 21.7 Å². The smallest absolute Gasteiger partial charge is 0.241 e. The fraction of sp³-hybridized carbons (Fsp3) is 0.409. The zero-order valence-electron chi connectivity index (χ0n) is 18.8. The lowest BCUT2D eigenvalue weighted by Crippen LogP contribution is -2.40. The van der Waals surface area contributed by atoms with Gasteiger partial charge in [-0.2, -0.15) is 0 Å². The Balaban J connectivity index is 2.22. The molecule has 8 nitrogen and oxygen atoms in total. The summed E-state index contributed by atoms with van der Waals surface area (Å²) < 4.78 is 42.0. The molecule has 0 aliphatic rings. The summed E-state index contributed by atoms with van der Waals surface area (Å²) in [5, 5.41) is 2.76. The molecular formula is C22H30N2O6S. The second kappa shape index (κ2) is 10.4. The summed E-state index contributed by atoms with van der Waals surface area (Å²) in [4.78, 5) is 12.7. The number of carbonyl (C=O) groups is 1. The summed E-state index contributed by atoms with van der Waals surface area (Å²) in [5.41, 5.74) is 2.07. The summed E-state index contributed by atoms with van der Waals surface area (Å²) in [7, 11) is 0.864. The van der Waals surface area contributed by atoms with Gasteiger partial charge < -0.3 is 19.5 Å². The largest absolute Gasteiger partial charge is 0.493 e. The van der Waals surface area contributed by atoms with Crippen LogP contribution in [0, 0.1) is 0 Å². The second-order valence-electron chi connectivity index (χ2n) is 7.29. The Morgan fingerprint density at radius 2 is 1.61 bits per heavy atom. The average molecular weight is 451 g/mol.